The second kappa shape index (κ2) is 12.0. The van der Waals surface area contributed by atoms with Gasteiger partial charge < -0.3 is 25.4 Å². The lowest BCUT2D eigenvalue weighted by Crippen LogP contribution is -2.40. The van der Waals surface area contributed by atoms with Crippen LogP contribution in [0.3, 0.4) is 0 Å². The maximum Gasteiger partial charge on any atom is 0.410 e. The molecule has 2 fully saturated rings. The number of nitrogens with one attached hydrogen (secondary N) is 1. The molecule has 1 saturated heterocycles. The van der Waals surface area contributed by atoms with Crippen LogP contribution in [-0.2, 0) is 9.47 Å². The highest BCUT2D eigenvalue weighted by Crippen LogP contribution is 2.41. The fraction of sp³-hybridized carbons (Fsp3) is 0.692. The predicted molar refractivity (Wildman–Crippen MR) is 141 cm³/mol. The molecule has 3 heterocycles. The molecule has 1 aliphatic carbocycles. The van der Waals surface area contributed by atoms with Gasteiger partial charge in [0.25, 0.3) is 0 Å². The molecule has 40 heavy (non-hydrogen) atoms. The summed E-state index contributed by atoms with van der Waals surface area (Å²) in [5.41, 5.74) is 5.99. The monoisotopic (exact) mass is 588 g/mol. The average Bonchev–Trinajstić information content (AvgIpc) is 3.32. The van der Waals surface area contributed by atoms with Gasteiger partial charge in [-0.1, -0.05) is 37.3 Å². The quantitative estimate of drug-likeness (QED) is 0.381. The topological polar surface area (TPSA) is 124 Å². The SMILES string of the molecule is COCC(c1cc2nc(C(CC(C)(C)OC(N)=O)C3CCCCCC3)cn2nc1Cl)N1C[C@@H](C(F)(F)F)NC1=O. The predicted octanol–water partition coefficient (Wildman–Crippen LogP) is 5.34. The van der Waals surface area contributed by atoms with Crippen molar-refractivity contribution < 1.29 is 32.2 Å². The molecular formula is C26H36ClF3N6O4. The molecule has 1 aliphatic heterocycles. The van der Waals surface area contributed by atoms with Crippen molar-refractivity contribution in [2.45, 2.75) is 88.6 Å². The van der Waals surface area contributed by atoms with Crippen molar-refractivity contribution in [1.82, 2.24) is 24.8 Å². The number of hydrogen-bond acceptors (Lipinski definition) is 6. The third-order valence-electron chi connectivity index (χ3n) is 7.78. The lowest BCUT2D eigenvalue weighted by molar-refractivity contribution is -0.150. The summed E-state index contributed by atoms with van der Waals surface area (Å²) in [4.78, 5) is 30.0. The number of imidazole rings is 1. The Labute approximate surface area is 235 Å². The van der Waals surface area contributed by atoms with Gasteiger partial charge in [-0.25, -0.2) is 19.1 Å². The van der Waals surface area contributed by atoms with Gasteiger partial charge in [-0.05, 0) is 45.1 Å². The minimum Gasteiger partial charge on any atom is -0.444 e. The fourth-order valence-electron chi connectivity index (χ4n) is 5.93. The van der Waals surface area contributed by atoms with Crippen LogP contribution in [0.2, 0.25) is 5.15 Å². The third kappa shape index (κ3) is 6.91. The number of fused-ring (bicyclic) bond motifs is 1. The summed E-state index contributed by atoms with van der Waals surface area (Å²) in [6.07, 6.45) is 3.36. The van der Waals surface area contributed by atoms with E-state index in [1.54, 1.807) is 12.3 Å². The van der Waals surface area contributed by atoms with Crippen molar-refractivity contribution in [3.05, 3.63) is 28.7 Å². The summed E-state index contributed by atoms with van der Waals surface area (Å²) in [6.45, 7) is 2.95. The Morgan fingerprint density at radius 3 is 2.50 bits per heavy atom. The molecule has 14 heteroatoms. The average molecular weight is 589 g/mol. The molecule has 1 saturated carbocycles. The molecule has 3 N–H and O–H groups in total. The van der Waals surface area contributed by atoms with Crippen LogP contribution in [0.25, 0.3) is 5.65 Å². The van der Waals surface area contributed by atoms with Crippen LogP contribution in [-0.4, -0.2) is 69.7 Å². The van der Waals surface area contributed by atoms with E-state index in [4.69, 9.17) is 31.8 Å². The van der Waals surface area contributed by atoms with Gasteiger partial charge >= 0.3 is 18.3 Å². The first-order chi connectivity index (χ1) is 18.8. The van der Waals surface area contributed by atoms with E-state index in [1.165, 1.54) is 11.6 Å². The number of hydrogen-bond donors (Lipinski definition) is 2. The Bertz CT molecular complexity index is 1210. The van der Waals surface area contributed by atoms with Gasteiger partial charge in [0.1, 0.15) is 11.6 Å². The standard InChI is InChI=1S/C26H36ClF3N6O4/c1-25(2,40-23(31)37)11-17(15-8-6-4-5-7-9-15)18-12-36-21(32-18)10-16(22(27)34-36)19(14-39-3)35-13-20(26(28,29)30)33-24(35)38/h10,12,15,17,19-20H,4-9,11,13-14H2,1-3H3,(H2,31,37)(H,33,38)/t17?,19?,20-/m0/s1. The van der Waals surface area contributed by atoms with Crippen LogP contribution in [0.1, 0.15) is 82.0 Å². The van der Waals surface area contributed by atoms with Crippen molar-refractivity contribution in [1.29, 1.82) is 0 Å². The largest absolute Gasteiger partial charge is 0.444 e. The molecule has 222 valence electrons. The number of halogens is 4. The minimum absolute atomic E-state index is 0.0187. The second-order valence-corrected chi connectivity index (χ2v) is 11.6. The van der Waals surface area contributed by atoms with E-state index < -0.39 is 42.5 Å². The summed E-state index contributed by atoms with van der Waals surface area (Å²) in [7, 11) is 1.39. The number of amides is 3. The summed E-state index contributed by atoms with van der Waals surface area (Å²) in [5.74, 6) is 0.231. The van der Waals surface area contributed by atoms with Crippen LogP contribution in [0.15, 0.2) is 12.3 Å². The van der Waals surface area contributed by atoms with Crippen LogP contribution in [0.4, 0.5) is 22.8 Å². The smallest absolute Gasteiger partial charge is 0.410 e. The van der Waals surface area contributed by atoms with Gasteiger partial charge in [-0.3, -0.25) is 0 Å². The van der Waals surface area contributed by atoms with Crippen molar-refractivity contribution >= 4 is 29.4 Å². The van der Waals surface area contributed by atoms with E-state index in [0.717, 1.165) is 49.1 Å². The number of carbonyl (C=O) groups excluding carboxylic acids is 2. The molecule has 0 bridgehead atoms. The van der Waals surface area contributed by atoms with Crippen molar-refractivity contribution in [3.63, 3.8) is 0 Å². The first kappa shape index (κ1) is 30.2. The number of ether oxygens (including phenoxy) is 2. The van der Waals surface area contributed by atoms with E-state index >= 15 is 0 Å². The molecular weight excluding hydrogens is 553 g/mol. The molecule has 0 spiro atoms. The highest BCUT2D eigenvalue weighted by atomic mass is 35.5. The Morgan fingerprint density at radius 1 is 1.25 bits per heavy atom. The van der Waals surface area contributed by atoms with Crippen molar-refractivity contribution in [2.24, 2.45) is 11.7 Å². The molecule has 3 atom stereocenters. The van der Waals surface area contributed by atoms with E-state index in [9.17, 15) is 22.8 Å². The molecule has 10 nitrogen and oxygen atoms in total. The van der Waals surface area contributed by atoms with E-state index in [-0.39, 0.29) is 17.7 Å². The van der Waals surface area contributed by atoms with Gasteiger partial charge in [0.2, 0.25) is 0 Å². The number of rotatable bonds is 9. The summed E-state index contributed by atoms with van der Waals surface area (Å²) in [5, 5.41) is 6.43. The normalized spacial score (nSPS) is 20.8. The van der Waals surface area contributed by atoms with Gasteiger partial charge in [0, 0.05) is 18.6 Å². The zero-order valence-electron chi connectivity index (χ0n) is 22.8. The van der Waals surface area contributed by atoms with Crippen molar-refractivity contribution in [2.75, 3.05) is 20.3 Å². The zero-order valence-corrected chi connectivity index (χ0v) is 23.6. The van der Waals surface area contributed by atoms with Crippen LogP contribution in [0.5, 0.6) is 0 Å². The lowest BCUT2D eigenvalue weighted by Gasteiger charge is -2.32. The number of alkyl halides is 3. The molecule has 3 amide bonds. The maximum absolute atomic E-state index is 13.3. The Kier molecular flexibility index (Phi) is 9.03. The Balaban J connectivity index is 1.70. The van der Waals surface area contributed by atoms with Crippen LogP contribution < -0.4 is 11.1 Å². The van der Waals surface area contributed by atoms with Gasteiger partial charge in [-0.15, -0.1) is 0 Å². The molecule has 2 aromatic rings. The van der Waals surface area contributed by atoms with E-state index in [0.29, 0.717) is 23.5 Å². The van der Waals surface area contributed by atoms with E-state index in [2.05, 4.69) is 5.10 Å². The summed E-state index contributed by atoms with van der Waals surface area (Å²) < 4.78 is 52.2. The van der Waals surface area contributed by atoms with Crippen molar-refractivity contribution in [3.8, 4) is 0 Å². The minimum atomic E-state index is -4.59. The number of urea groups is 1. The first-order valence-corrected chi connectivity index (χ1v) is 13.8. The maximum atomic E-state index is 13.3. The first-order valence-electron chi connectivity index (χ1n) is 13.5. The molecule has 2 aliphatic rings. The molecule has 2 unspecified atom stereocenters. The molecule has 2 aromatic heterocycles. The highest BCUT2D eigenvalue weighted by Gasteiger charge is 2.49. The second-order valence-electron chi connectivity index (χ2n) is 11.3. The Hall–Kier alpha value is -2.80. The molecule has 0 radical (unpaired) electrons. The number of primary amides is 1. The number of aromatic nitrogens is 3. The van der Waals surface area contributed by atoms with Crippen LogP contribution >= 0.6 is 11.6 Å². The van der Waals surface area contributed by atoms with E-state index in [1.807, 2.05) is 19.2 Å². The zero-order chi connectivity index (χ0) is 29.2. The number of methoxy groups -OCH3 is 1. The van der Waals surface area contributed by atoms with Gasteiger partial charge in [-0.2, -0.15) is 18.3 Å². The number of nitrogens with zero attached hydrogens (tertiary/aromatic N) is 4. The summed E-state index contributed by atoms with van der Waals surface area (Å²) >= 11 is 6.54. The third-order valence-corrected chi connectivity index (χ3v) is 8.07. The Morgan fingerprint density at radius 2 is 1.93 bits per heavy atom. The number of nitrogens with two attached hydrogens (primary N) is 1. The highest BCUT2D eigenvalue weighted by molar-refractivity contribution is 6.30. The van der Waals surface area contributed by atoms with Gasteiger partial charge in [0.15, 0.2) is 10.8 Å². The number of carbonyl (C=O) groups is 2. The lowest BCUT2D eigenvalue weighted by atomic mass is 9.78. The van der Waals surface area contributed by atoms with Gasteiger partial charge in [0.05, 0.1) is 31.1 Å². The summed E-state index contributed by atoms with van der Waals surface area (Å²) in [6, 6.07) is -2.15. The molecule has 0 aromatic carbocycles. The van der Waals surface area contributed by atoms with Crippen LogP contribution in [0, 0.1) is 5.92 Å². The fourth-order valence-corrected chi connectivity index (χ4v) is 6.19. The molecule has 4 rings (SSSR count).